The van der Waals surface area contributed by atoms with Crippen molar-refractivity contribution in [3.8, 4) is 23.5 Å². The van der Waals surface area contributed by atoms with Crippen LogP contribution in [0, 0.1) is 36.5 Å². The number of nitrogens with two attached hydrogens (primary N) is 1. The van der Waals surface area contributed by atoms with E-state index >= 15 is 0 Å². The molecule has 0 aliphatic carbocycles. The highest BCUT2D eigenvalue weighted by Gasteiger charge is 2.26. The summed E-state index contributed by atoms with van der Waals surface area (Å²) in [4.78, 5) is 30.8. The molecule has 0 unspecified atom stereocenters. The summed E-state index contributed by atoms with van der Waals surface area (Å²) in [5, 5.41) is 41.2. The van der Waals surface area contributed by atoms with Gasteiger partial charge in [-0.1, -0.05) is 101 Å². The number of aryl methyl sites for hydroxylation is 2. The third-order valence-electron chi connectivity index (χ3n) is 10.7. The Morgan fingerprint density at radius 1 is 0.642 bits per heavy atom. The van der Waals surface area contributed by atoms with Crippen molar-refractivity contribution in [3.63, 3.8) is 0 Å². The fraction of sp³-hybridized carbons (Fsp3) is 0.173. The molecule has 0 amide bonds. The maximum absolute atomic E-state index is 13.3. The van der Waals surface area contributed by atoms with Crippen molar-refractivity contribution >= 4 is 57.3 Å². The van der Waals surface area contributed by atoms with Crippen LogP contribution in [0.2, 0.25) is 10.0 Å². The summed E-state index contributed by atoms with van der Waals surface area (Å²) in [6, 6.07) is 43.2. The van der Waals surface area contributed by atoms with Crippen molar-refractivity contribution in [1.29, 1.82) is 10.5 Å². The lowest BCUT2D eigenvalue weighted by Gasteiger charge is -2.11. The molecule has 336 valence electrons. The summed E-state index contributed by atoms with van der Waals surface area (Å²) >= 11 is 12.1. The number of ketones is 2. The van der Waals surface area contributed by atoms with E-state index in [2.05, 4.69) is 67.5 Å². The summed E-state index contributed by atoms with van der Waals surface area (Å²) in [5.74, 6) is 0.351. The molecule has 0 fully saturated rings. The minimum atomic E-state index is -0.300. The molecule has 0 bridgehead atoms. The molecule has 8 aromatic rings. The van der Waals surface area contributed by atoms with Gasteiger partial charge in [0.15, 0.2) is 11.4 Å². The lowest BCUT2D eigenvalue weighted by atomic mass is 10.0. The number of nitrogens with one attached hydrogen (secondary N) is 3. The van der Waals surface area contributed by atoms with Gasteiger partial charge in [-0.15, -0.1) is 0 Å². The molecular weight excluding hydrogens is 882 g/mol. The number of anilines is 2. The Morgan fingerprint density at radius 3 is 1.61 bits per heavy atom. The zero-order valence-corrected chi connectivity index (χ0v) is 38.4. The Kier molecular flexibility index (Phi) is 15.9. The van der Waals surface area contributed by atoms with Gasteiger partial charge in [-0.3, -0.25) is 14.6 Å². The van der Waals surface area contributed by atoms with Gasteiger partial charge in [0.2, 0.25) is 11.6 Å². The second kappa shape index (κ2) is 22.5. The van der Waals surface area contributed by atoms with Gasteiger partial charge in [-0.05, 0) is 106 Å². The molecule has 0 saturated heterocycles. The second-order valence-corrected chi connectivity index (χ2v) is 16.5. The summed E-state index contributed by atoms with van der Waals surface area (Å²) in [6.07, 6.45) is 3.32. The van der Waals surface area contributed by atoms with Crippen LogP contribution in [0.15, 0.2) is 134 Å². The second-order valence-electron chi connectivity index (χ2n) is 15.6. The molecule has 5 N–H and O–H groups in total. The molecule has 3 heterocycles. The van der Waals surface area contributed by atoms with Crippen molar-refractivity contribution in [3.05, 3.63) is 194 Å². The highest BCUT2D eigenvalue weighted by molar-refractivity contribution is 6.30. The molecule has 0 radical (unpaired) electrons. The molecule has 0 aliphatic heterocycles. The first-order valence-electron chi connectivity index (χ1n) is 21.6. The molecule has 0 spiro atoms. The maximum Gasteiger partial charge on any atom is 0.214 e. The number of hydrogen-bond acceptors (Lipinski definition) is 11. The van der Waals surface area contributed by atoms with Crippen LogP contribution < -0.4 is 21.7 Å². The largest absolute Gasteiger partial charge is 0.369 e. The summed E-state index contributed by atoms with van der Waals surface area (Å²) in [6.45, 7) is 7.05. The van der Waals surface area contributed by atoms with Crippen molar-refractivity contribution in [2.24, 2.45) is 5.73 Å². The molecular formula is C52H47Cl2N11O2. The van der Waals surface area contributed by atoms with Crippen LogP contribution in [0.1, 0.15) is 72.8 Å². The quantitative estimate of drug-likeness (QED) is 0.0502. The molecule has 67 heavy (non-hydrogen) atoms. The van der Waals surface area contributed by atoms with Gasteiger partial charge in [-0.25, -0.2) is 9.36 Å². The fourth-order valence-electron chi connectivity index (χ4n) is 7.10. The first-order valence-corrected chi connectivity index (χ1v) is 22.4. The number of aromatic nitrogens is 5. The Labute approximate surface area is 398 Å². The number of halogens is 2. The van der Waals surface area contributed by atoms with Crippen molar-refractivity contribution < 1.29 is 9.59 Å². The van der Waals surface area contributed by atoms with Crippen LogP contribution in [0.5, 0.6) is 0 Å². The number of benzene rings is 5. The number of nitriles is 2. The van der Waals surface area contributed by atoms with Crippen molar-refractivity contribution in [2.75, 3.05) is 36.8 Å². The average Bonchev–Trinajstić information content (AvgIpc) is 3.91. The number of carbonyl (C=O) groups is 2. The lowest BCUT2D eigenvalue weighted by molar-refractivity contribution is 0.102. The summed E-state index contributed by atoms with van der Waals surface area (Å²) in [7, 11) is 0. The Morgan fingerprint density at radius 2 is 1.13 bits per heavy atom. The summed E-state index contributed by atoms with van der Waals surface area (Å²) < 4.78 is 3.17. The predicted octanol–water partition coefficient (Wildman–Crippen LogP) is 9.77. The van der Waals surface area contributed by atoms with E-state index in [4.69, 9.17) is 28.9 Å². The highest BCUT2D eigenvalue weighted by Crippen LogP contribution is 2.28. The molecule has 3 aromatic heterocycles. The van der Waals surface area contributed by atoms with E-state index in [0.717, 1.165) is 48.0 Å². The van der Waals surface area contributed by atoms with Gasteiger partial charge < -0.3 is 21.7 Å². The molecule has 0 saturated carbocycles. The maximum atomic E-state index is 13.3. The standard InChI is InChI=1S/C31H27ClN6O.C21H20ClN5O/c1-21-5-8-24(9-6-21)30(39)29-27(19-33)31(38(37-29)26-13-11-25(32)12-14-26)36-17-3-15-34-20-22-7-10-23-4-2-16-35-28(23)18-22;1-14-3-5-15(6-4-14)20(28)19-18(13-24)21(25-12-2-11-23)27(26-19)17-9-7-16(22)8-10-17/h2,4-14,16,18,34,36H,3,15,17,20H2,1H3;3-10,25H,2,11-12,23H2,1H3. The minimum Gasteiger partial charge on any atom is -0.369 e. The number of rotatable bonds is 17. The van der Waals surface area contributed by atoms with Gasteiger partial charge in [-0.2, -0.15) is 20.7 Å². The molecule has 15 heteroatoms. The van der Waals surface area contributed by atoms with E-state index in [9.17, 15) is 20.1 Å². The predicted molar refractivity (Wildman–Crippen MR) is 265 cm³/mol. The number of pyridine rings is 1. The van der Waals surface area contributed by atoms with Gasteiger partial charge in [0, 0.05) is 52.4 Å². The number of fused-ring (bicyclic) bond motifs is 1. The zero-order valence-electron chi connectivity index (χ0n) is 36.9. The number of carbonyl (C=O) groups excluding carboxylic acids is 2. The van der Waals surface area contributed by atoms with Gasteiger partial charge in [0.25, 0.3) is 0 Å². The molecule has 0 aliphatic rings. The van der Waals surface area contributed by atoms with E-state index in [1.54, 1.807) is 76.2 Å². The number of hydrogen-bond donors (Lipinski definition) is 4. The molecule has 8 rings (SSSR count). The monoisotopic (exact) mass is 927 g/mol. The van der Waals surface area contributed by atoms with E-state index in [-0.39, 0.29) is 34.1 Å². The molecule has 5 aromatic carbocycles. The van der Waals surface area contributed by atoms with Crippen LogP contribution in [0.25, 0.3) is 22.3 Å². The van der Waals surface area contributed by atoms with Crippen LogP contribution in [-0.4, -0.2) is 62.3 Å². The van der Waals surface area contributed by atoms with Crippen LogP contribution in [0.3, 0.4) is 0 Å². The van der Waals surface area contributed by atoms with E-state index in [1.165, 1.54) is 5.56 Å². The summed E-state index contributed by atoms with van der Waals surface area (Å²) in [5.41, 5.74) is 12.8. The highest BCUT2D eigenvalue weighted by atomic mass is 35.5. The van der Waals surface area contributed by atoms with E-state index < -0.39 is 0 Å². The first kappa shape index (κ1) is 47.3. The lowest BCUT2D eigenvalue weighted by Crippen LogP contribution is -2.18. The van der Waals surface area contributed by atoms with Crippen molar-refractivity contribution in [2.45, 2.75) is 33.2 Å². The van der Waals surface area contributed by atoms with Crippen LogP contribution >= 0.6 is 23.2 Å². The zero-order chi connectivity index (χ0) is 47.3. The molecule has 13 nitrogen and oxygen atoms in total. The molecule has 0 atom stereocenters. The van der Waals surface area contributed by atoms with E-state index in [0.29, 0.717) is 63.8 Å². The third kappa shape index (κ3) is 11.6. The Balaban J connectivity index is 0.000000210. The van der Waals surface area contributed by atoms with Gasteiger partial charge in [0.1, 0.15) is 34.9 Å². The topological polar surface area (TPSA) is 192 Å². The first-order chi connectivity index (χ1) is 32.6. The van der Waals surface area contributed by atoms with Crippen LogP contribution in [-0.2, 0) is 6.54 Å². The SMILES string of the molecule is Cc1ccc(C(=O)c2nn(-c3ccc(Cl)cc3)c(NCCCN)c2C#N)cc1.Cc1ccc(C(=O)c2nn(-c3ccc(Cl)cc3)c(NCCCNCc3ccc4cccnc4c3)c2C#N)cc1. The van der Waals surface area contributed by atoms with Crippen molar-refractivity contribution in [1.82, 2.24) is 29.9 Å². The Hall–Kier alpha value is -7.65. The fourth-order valence-corrected chi connectivity index (χ4v) is 7.35. The van der Waals surface area contributed by atoms with E-state index in [1.807, 2.05) is 56.3 Å². The van der Waals surface area contributed by atoms with Crippen LogP contribution in [0.4, 0.5) is 11.6 Å². The third-order valence-corrected chi connectivity index (χ3v) is 11.2. The smallest absolute Gasteiger partial charge is 0.214 e. The normalized spacial score (nSPS) is 10.7. The van der Waals surface area contributed by atoms with Gasteiger partial charge in [0.05, 0.1) is 16.9 Å². The average molecular weight is 929 g/mol. The minimum absolute atomic E-state index is 0.108. The van der Waals surface area contributed by atoms with Gasteiger partial charge >= 0.3 is 0 Å². The Bertz CT molecular complexity index is 3080. The number of nitrogens with zero attached hydrogens (tertiary/aromatic N) is 7.